The van der Waals surface area contributed by atoms with Gasteiger partial charge in [0.25, 0.3) is 0 Å². The van der Waals surface area contributed by atoms with E-state index in [9.17, 15) is 9.59 Å². The Kier molecular flexibility index (Phi) is 4.58. The summed E-state index contributed by atoms with van der Waals surface area (Å²) in [6.45, 7) is 3.25. The molecule has 0 atom stereocenters. The molecule has 0 aromatic heterocycles. The van der Waals surface area contributed by atoms with Crippen molar-refractivity contribution < 1.29 is 19.1 Å². The van der Waals surface area contributed by atoms with E-state index in [0.29, 0.717) is 6.42 Å². The Morgan fingerprint density at radius 3 is 2.23 bits per heavy atom. The van der Waals surface area contributed by atoms with Gasteiger partial charge >= 0.3 is 12.1 Å². The second-order valence-electron chi connectivity index (χ2n) is 2.31. The van der Waals surface area contributed by atoms with Gasteiger partial charge in [-0.2, -0.15) is 0 Å². The van der Waals surface area contributed by atoms with E-state index in [0.717, 1.165) is 0 Å². The summed E-state index contributed by atoms with van der Waals surface area (Å²) in [6.07, 6.45) is -0.524. The summed E-state index contributed by atoms with van der Waals surface area (Å²) in [5.41, 5.74) is 5.05. The van der Waals surface area contributed by atoms with E-state index < -0.39 is 12.1 Å². The first-order valence-electron chi connectivity index (χ1n) is 3.78. The fourth-order valence-corrected chi connectivity index (χ4v) is 0.802. The van der Waals surface area contributed by atoms with Crippen LogP contribution in [-0.4, -0.2) is 19.2 Å². The van der Waals surface area contributed by atoms with Crippen molar-refractivity contribution in [3.8, 4) is 0 Å². The van der Waals surface area contributed by atoms with Crippen LogP contribution in [0, 0.1) is 0 Å². The van der Waals surface area contributed by atoms with E-state index in [1.165, 1.54) is 14.0 Å². The maximum atomic E-state index is 11.0. The number of nitrogens with two attached hydrogens (primary N) is 1. The molecule has 2 N–H and O–H groups in total. The molecular formula is C8H13NO4. The summed E-state index contributed by atoms with van der Waals surface area (Å²) in [4.78, 5) is 21.4. The third-order valence-corrected chi connectivity index (χ3v) is 1.45. The fraction of sp³-hybridized carbons (Fsp3) is 0.500. The molecule has 0 heterocycles. The van der Waals surface area contributed by atoms with Gasteiger partial charge in [0.05, 0.1) is 12.7 Å². The number of ether oxygens (including phenoxy) is 2. The molecule has 0 bridgehead atoms. The van der Waals surface area contributed by atoms with E-state index in [1.54, 1.807) is 6.92 Å². The summed E-state index contributed by atoms with van der Waals surface area (Å²) >= 11 is 0. The lowest BCUT2D eigenvalue weighted by molar-refractivity contribution is -0.136. The Labute approximate surface area is 76.5 Å². The smallest absolute Gasteiger partial charge is 0.409 e. The van der Waals surface area contributed by atoms with Gasteiger partial charge in [0.2, 0.25) is 0 Å². The van der Waals surface area contributed by atoms with Gasteiger partial charge < -0.3 is 15.2 Å². The molecule has 0 aliphatic carbocycles. The minimum absolute atomic E-state index is 0.236. The molecule has 13 heavy (non-hydrogen) atoms. The average molecular weight is 187 g/mol. The Balaban J connectivity index is 4.68. The largest absolute Gasteiger partial charge is 0.466 e. The molecule has 0 aromatic carbocycles. The van der Waals surface area contributed by atoms with Crippen molar-refractivity contribution in [3.05, 3.63) is 11.3 Å². The Hall–Kier alpha value is -1.52. The van der Waals surface area contributed by atoms with Crippen LogP contribution < -0.4 is 5.73 Å². The molecule has 0 saturated carbocycles. The molecule has 0 aliphatic heterocycles. The highest BCUT2D eigenvalue weighted by Crippen LogP contribution is 2.11. The van der Waals surface area contributed by atoms with E-state index in [1.807, 2.05) is 0 Å². The second kappa shape index (κ2) is 5.18. The number of amides is 1. The molecule has 74 valence electrons. The van der Waals surface area contributed by atoms with Crippen LogP contribution in [0.3, 0.4) is 0 Å². The quantitative estimate of drug-likeness (QED) is 0.405. The van der Waals surface area contributed by atoms with Crippen molar-refractivity contribution in [1.29, 1.82) is 0 Å². The van der Waals surface area contributed by atoms with Crippen LogP contribution in [0.15, 0.2) is 11.3 Å². The molecule has 0 spiro atoms. The number of methoxy groups -OCH3 is 1. The molecule has 5 heteroatoms. The average Bonchev–Trinajstić information content (AvgIpc) is 2.11. The van der Waals surface area contributed by atoms with Crippen LogP contribution >= 0.6 is 0 Å². The molecule has 0 unspecified atom stereocenters. The van der Waals surface area contributed by atoms with Crippen LogP contribution in [0.1, 0.15) is 20.3 Å². The van der Waals surface area contributed by atoms with Gasteiger partial charge in [-0.3, -0.25) is 0 Å². The minimum atomic E-state index is -0.930. The topological polar surface area (TPSA) is 78.6 Å². The number of carbonyl (C=O) groups excluding carboxylic acids is 2. The van der Waals surface area contributed by atoms with E-state index >= 15 is 0 Å². The van der Waals surface area contributed by atoms with Gasteiger partial charge in [0.15, 0.2) is 0 Å². The third-order valence-electron chi connectivity index (χ3n) is 1.45. The number of allylic oxidation sites excluding steroid dienone is 1. The van der Waals surface area contributed by atoms with Crippen LogP contribution in [-0.2, 0) is 14.3 Å². The lowest BCUT2D eigenvalue weighted by Crippen LogP contribution is -2.15. The maximum Gasteiger partial charge on any atom is 0.409 e. The van der Waals surface area contributed by atoms with Crippen molar-refractivity contribution in [2.45, 2.75) is 20.3 Å². The second-order valence-corrected chi connectivity index (χ2v) is 2.31. The van der Waals surface area contributed by atoms with Crippen LogP contribution in [0.5, 0.6) is 0 Å². The van der Waals surface area contributed by atoms with Crippen LogP contribution in [0.25, 0.3) is 0 Å². The molecule has 0 aromatic rings. The van der Waals surface area contributed by atoms with Crippen molar-refractivity contribution in [1.82, 2.24) is 0 Å². The van der Waals surface area contributed by atoms with Crippen molar-refractivity contribution in [2.75, 3.05) is 7.11 Å². The molecule has 5 nitrogen and oxygen atoms in total. The van der Waals surface area contributed by atoms with Crippen LogP contribution in [0.4, 0.5) is 4.79 Å². The molecule has 0 saturated heterocycles. The summed E-state index contributed by atoms with van der Waals surface area (Å²) in [7, 11) is 1.25. The number of hydrogen-bond donors (Lipinski definition) is 1. The normalized spacial score (nSPS) is 11.6. The van der Waals surface area contributed by atoms with E-state index in [-0.39, 0.29) is 11.3 Å². The SMILES string of the molecule is CCC(OC(N)=O)=C(C)C(=O)OC. The molecule has 0 rings (SSSR count). The maximum absolute atomic E-state index is 11.0. The predicted octanol–water partition coefficient (Wildman–Crippen LogP) is 0.939. The Morgan fingerprint density at radius 1 is 1.38 bits per heavy atom. The highest BCUT2D eigenvalue weighted by molar-refractivity contribution is 5.88. The lowest BCUT2D eigenvalue weighted by atomic mass is 10.2. The Bertz CT molecular complexity index is 245. The lowest BCUT2D eigenvalue weighted by Gasteiger charge is -2.07. The van der Waals surface area contributed by atoms with Gasteiger partial charge in [0.1, 0.15) is 5.76 Å². The summed E-state index contributed by atoms with van der Waals surface area (Å²) in [5, 5.41) is 0. The highest BCUT2D eigenvalue weighted by atomic mass is 16.6. The molecule has 1 amide bonds. The van der Waals surface area contributed by atoms with Crippen molar-refractivity contribution in [3.63, 3.8) is 0 Å². The Morgan fingerprint density at radius 2 is 1.92 bits per heavy atom. The first-order chi connectivity index (χ1) is 6.02. The zero-order valence-corrected chi connectivity index (χ0v) is 7.92. The van der Waals surface area contributed by atoms with Gasteiger partial charge in [0, 0.05) is 6.42 Å². The molecule has 0 radical (unpaired) electrons. The van der Waals surface area contributed by atoms with Gasteiger partial charge in [-0.15, -0.1) is 0 Å². The van der Waals surface area contributed by atoms with E-state index in [4.69, 9.17) is 5.73 Å². The first kappa shape index (κ1) is 11.5. The number of carbonyl (C=O) groups is 2. The first-order valence-corrected chi connectivity index (χ1v) is 3.78. The van der Waals surface area contributed by atoms with Gasteiger partial charge in [-0.05, 0) is 6.92 Å². The molecule has 0 fully saturated rings. The van der Waals surface area contributed by atoms with Gasteiger partial charge in [-0.1, -0.05) is 6.92 Å². The highest BCUT2D eigenvalue weighted by Gasteiger charge is 2.12. The predicted molar refractivity (Wildman–Crippen MR) is 45.7 cm³/mol. The van der Waals surface area contributed by atoms with Crippen molar-refractivity contribution in [2.24, 2.45) is 5.73 Å². The van der Waals surface area contributed by atoms with Crippen LogP contribution in [0.2, 0.25) is 0 Å². The standard InChI is InChI=1S/C8H13NO4/c1-4-6(13-8(9)11)5(2)7(10)12-3/h4H2,1-3H3,(H2,9,11). The summed E-state index contributed by atoms with van der Waals surface area (Å²) in [5.74, 6) is -0.294. The number of rotatable bonds is 3. The monoisotopic (exact) mass is 187 g/mol. The fourth-order valence-electron chi connectivity index (χ4n) is 0.802. The molecule has 0 aliphatic rings. The summed E-state index contributed by atoms with van der Waals surface area (Å²) in [6, 6.07) is 0. The minimum Gasteiger partial charge on any atom is -0.466 e. The molecular weight excluding hydrogens is 174 g/mol. The third kappa shape index (κ3) is 3.59. The van der Waals surface area contributed by atoms with Crippen molar-refractivity contribution >= 4 is 12.1 Å². The number of esters is 1. The number of primary amides is 1. The zero-order chi connectivity index (χ0) is 10.4. The zero-order valence-electron chi connectivity index (χ0n) is 7.92. The van der Waals surface area contributed by atoms with E-state index in [2.05, 4.69) is 9.47 Å². The summed E-state index contributed by atoms with van der Waals surface area (Å²) < 4.78 is 9.05. The van der Waals surface area contributed by atoms with Gasteiger partial charge in [-0.25, -0.2) is 9.59 Å². The number of hydrogen-bond acceptors (Lipinski definition) is 4.